The molecule has 1 aliphatic heterocycles. The van der Waals surface area contributed by atoms with Gasteiger partial charge in [0.15, 0.2) is 6.04 Å². The number of thioether (sulfide) groups is 1. The Labute approximate surface area is 169 Å². The molecule has 3 aromatic rings. The number of amides is 1. The van der Waals surface area contributed by atoms with Crippen LogP contribution in [0.4, 0.5) is 0 Å². The van der Waals surface area contributed by atoms with Crippen LogP contribution in [0.5, 0.6) is 0 Å². The van der Waals surface area contributed by atoms with Crippen LogP contribution >= 0.6 is 24.0 Å². The first-order valence-electron chi connectivity index (χ1n) is 8.31. The van der Waals surface area contributed by atoms with Gasteiger partial charge in [0.05, 0.1) is 27.8 Å². The van der Waals surface area contributed by atoms with Gasteiger partial charge in [-0.3, -0.25) is 14.7 Å². The molecule has 28 heavy (non-hydrogen) atoms. The second kappa shape index (κ2) is 7.49. The third-order valence-electron chi connectivity index (χ3n) is 4.18. The average molecular weight is 407 g/mol. The molecule has 0 aliphatic carbocycles. The Bertz CT molecular complexity index is 1130. The number of thiocarbonyl (C=S) groups is 1. The Morgan fingerprint density at radius 1 is 1.11 bits per heavy atom. The van der Waals surface area contributed by atoms with Crippen LogP contribution in [0.25, 0.3) is 17.1 Å². The molecule has 1 atom stereocenters. The first-order chi connectivity index (χ1) is 13.5. The highest BCUT2D eigenvalue weighted by Crippen LogP contribution is 2.38. The molecule has 1 N–H and O–H groups in total. The fraction of sp³-hybridized carbons (Fsp3) is 0.0500. The van der Waals surface area contributed by atoms with Gasteiger partial charge >= 0.3 is 5.97 Å². The maximum Gasteiger partial charge on any atom is 0.331 e. The number of carbonyl (C=O) groups excluding carboxylic acids is 1. The van der Waals surface area contributed by atoms with E-state index in [1.165, 1.54) is 0 Å². The largest absolute Gasteiger partial charge is 0.479 e. The van der Waals surface area contributed by atoms with Crippen molar-refractivity contribution in [1.82, 2.24) is 14.9 Å². The highest BCUT2D eigenvalue weighted by atomic mass is 32.2. The highest BCUT2D eigenvalue weighted by Gasteiger charge is 2.41. The van der Waals surface area contributed by atoms with Crippen molar-refractivity contribution in [2.75, 3.05) is 0 Å². The van der Waals surface area contributed by atoms with Crippen molar-refractivity contribution < 1.29 is 14.7 Å². The summed E-state index contributed by atoms with van der Waals surface area (Å²) < 4.78 is 0.196. The maximum atomic E-state index is 12.9. The van der Waals surface area contributed by atoms with E-state index in [4.69, 9.17) is 12.2 Å². The van der Waals surface area contributed by atoms with Gasteiger partial charge in [0.25, 0.3) is 5.91 Å². The minimum Gasteiger partial charge on any atom is -0.479 e. The van der Waals surface area contributed by atoms with Gasteiger partial charge in [-0.1, -0.05) is 66.4 Å². The molecule has 4 rings (SSSR count). The Balaban J connectivity index is 1.69. The van der Waals surface area contributed by atoms with E-state index >= 15 is 0 Å². The van der Waals surface area contributed by atoms with Crippen molar-refractivity contribution in [2.45, 2.75) is 6.04 Å². The first-order valence-corrected chi connectivity index (χ1v) is 9.53. The zero-order valence-corrected chi connectivity index (χ0v) is 16.0. The van der Waals surface area contributed by atoms with Crippen LogP contribution < -0.4 is 0 Å². The van der Waals surface area contributed by atoms with Gasteiger partial charge in [0, 0.05) is 0 Å². The normalized spacial score (nSPS) is 16.7. The second-order valence-corrected chi connectivity index (χ2v) is 7.66. The number of aromatic nitrogens is 2. The number of para-hydroxylation sites is 2. The van der Waals surface area contributed by atoms with Crippen molar-refractivity contribution in [3.8, 4) is 0 Å². The number of rotatable bonds is 4. The summed E-state index contributed by atoms with van der Waals surface area (Å²) in [6.07, 6.45) is 3.16. The number of hydrogen-bond acceptors (Lipinski definition) is 6. The number of benzene rings is 2. The van der Waals surface area contributed by atoms with Crippen molar-refractivity contribution in [3.05, 3.63) is 77.0 Å². The van der Waals surface area contributed by atoms with E-state index in [2.05, 4.69) is 9.97 Å². The lowest BCUT2D eigenvalue weighted by atomic mass is 10.1. The number of carboxylic acid groups (broad SMARTS) is 1. The summed E-state index contributed by atoms with van der Waals surface area (Å²) in [4.78, 5) is 35.1. The predicted octanol–water partition coefficient (Wildman–Crippen LogP) is 3.66. The van der Waals surface area contributed by atoms with E-state index in [-0.39, 0.29) is 4.32 Å². The van der Waals surface area contributed by atoms with E-state index in [0.717, 1.165) is 22.2 Å². The van der Waals surface area contributed by atoms with Gasteiger partial charge in [-0.15, -0.1) is 0 Å². The van der Waals surface area contributed by atoms with Gasteiger partial charge in [0.1, 0.15) is 4.32 Å². The molecule has 1 unspecified atom stereocenters. The fourth-order valence-corrected chi connectivity index (χ4v) is 4.21. The summed E-state index contributed by atoms with van der Waals surface area (Å²) in [5.74, 6) is -1.60. The number of hydrogen-bond donors (Lipinski definition) is 1. The summed E-state index contributed by atoms with van der Waals surface area (Å²) >= 11 is 6.37. The summed E-state index contributed by atoms with van der Waals surface area (Å²) in [6, 6.07) is 14.8. The summed E-state index contributed by atoms with van der Waals surface area (Å²) in [7, 11) is 0. The number of nitrogens with zero attached hydrogens (tertiary/aromatic N) is 3. The Morgan fingerprint density at radius 3 is 2.50 bits per heavy atom. The number of fused-ring (bicyclic) bond motifs is 1. The van der Waals surface area contributed by atoms with Gasteiger partial charge in [-0.2, -0.15) is 0 Å². The SMILES string of the molecule is O=C(O)C(c1ccccc1)N1C(=O)C(=Cc2cnc3ccccc3n2)SC1=S. The van der Waals surface area contributed by atoms with Crippen LogP contribution in [0.2, 0.25) is 0 Å². The molecule has 1 fully saturated rings. The van der Waals surface area contributed by atoms with Crippen molar-refractivity contribution >= 4 is 57.3 Å². The van der Waals surface area contributed by atoms with E-state index in [1.54, 1.807) is 42.6 Å². The van der Waals surface area contributed by atoms with Crippen LogP contribution in [0.15, 0.2) is 65.7 Å². The van der Waals surface area contributed by atoms with Gasteiger partial charge < -0.3 is 5.11 Å². The van der Waals surface area contributed by atoms with Crippen LogP contribution in [-0.2, 0) is 9.59 Å². The number of carboxylic acids is 1. The zero-order chi connectivity index (χ0) is 19.7. The van der Waals surface area contributed by atoms with Gasteiger partial charge in [0.2, 0.25) is 0 Å². The van der Waals surface area contributed by atoms with E-state index in [9.17, 15) is 14.7 Å². The lowest BCUT2D eigenvalue weighted by Gasteiger charge is -2.23. The third kappa shape index (κ3) is 3.39. The highest BCUT2D eigenvalue weighted by molar-refractivity contribution is 8.26. The molecule has 0 radical (unpaired) electrons. The van der Waals surface area contributed by atoms with E-state index in [0.29, 0.717) is 21.7 Å². The van der Waals surface area contributed by atoms with Crippen LogP contribution in [-0.4, -0.2) is 36.2 Å². The molecule has 1 saturated heterocycles. The summed E-state index contributed by atoms with van der Waals surface area (Å²) in [5, 5.41) is 9.71. The molecular weight excluding hydrogens is 394 g/mol. The molecular formula is C20H13N3O3S2. The minimum atomic E-state index is -1.18. The average Bonchev–Trinajstić information content (AvgIpc) is 2.96. The standard InChI is InChI=1S/C20H13N3O3S2/c24-18-16(10-13-11-21-14-8-4-5-9-15(14)22-13)28-20(27)23(18)17(19(25)26)12-6-2-1-3-7-12/h1-11,17H,(H,25,26). The molecule has 0 spiro atoms. The molecule has 2 heterocycles. The Kier molecular flexibility index (Phi) is 4.89. The molecule has 8 heteroatoms. The Morgan fingerprint density at radius 2 is 1.79 bits per heavy atom. The van der Waals surface area contributed by atoms with E-state index in [1.807, 2.05) is 24.3 Å². The zero-order valence-electron chi connectivity index (χ0n) is 14.4. The fourth-order valence-electron chi connectivity index (χ4n) is 2.92. The predicted molar refractivity (Wildman–Crippen MR) is 111 cm³/mol. The van der Waals surface area contributed by atoms with Crippen molar-refractivity contribution in [2.24, 2.45) is 0 Å². The van der Waals surface area contributed by atoms with Gasteiger partial charge in [-0.25, -0.2) is 9.78 Å². The molecule has 0 saturated carbocycles. The van der Waals surface area contributed by atoms with Crippen LogP contribution in [0.3, 0.4) is 0 Å². The topological polar surface area (TPSA) is 83.4 Å². The molecule has 1 aromatic heterocycles. The van der Waals surface area contributed by atoms with E-state index < -0.39 is 17.9 Å². The number of carbonyl (C=O) groups is 2. The summed E-state index contributed by atoms with van der Waals surface area (Å²) in [5.41, 5.74) is 2.45. The molecule has 2 aromatic carbocycles. The third-order valence-corrected chi connectivity index (χ3v) is 5.51. The smallest absolute Gasteiger partial charge is 0.331 e. The van der Waals surface area contributed by atoms with Crippen molar-refractivity contribution in [1.29, 1.82) is 0 Å². The second-order valence-electron chi connectivity index (χ2n) is 5.99. The molecule has 138 valence electrons. The molecule has 1 aliphatic rings. The van der Waals surface area contributed by atoms with Crippen LogP contribution in [0.1, 0.15) is 17.3 Å². The summed E-state index contributed by atoms with van der Waals surface area (Å²) in [6.45, 7) is 0. The molecule has 0 bridgehead atoms. The van der Waals surface area contributed by atoms with Crippen molar-refractivity contribution in [3.63, 3.8) is 0 Å². The van der Waals surface area contributed by atoms with Gasteiger partial charge in [-0.05, 0) is 23.8 Å². The molecule has 6 nitrogen and oxygen atoms in total. The monoisotopic (exact) mass is 407 g/mol. The minimum absolute atomic E-state index is 0.196. The molecule has 1 amide bonds. The van der Waals surface area contributed by atoms with Crippen LogP contribution in [0, 0.1) is 0 Å². The lowest BCUT2D eigenvalue weighted by molar-refractivity contribution is -0.145. The quantitative estimate of drug-likeness (QED) is 0.522. The maximum absolute atomic E-state index is 12.9. The lowest BCUT2D eigenvalue weighted by Crippen LogP contribution is -2.37. The Hall–Kier alpha value is -3.10. The number of aliphatic carboxylic acids is 1. The first kappa shape index (κ1) is 18.3.